The molecule has 2 heteroatoms. The first-order valence-electron chi connectivity index (χ1n) is 6.52. The summed E-state index contributed by atoms with van der Waals surface area (Å²) in [5.74, 6) is 0. The van der Waals surface area contributed by atoms with Crippen LogP contribution in [0.25, 0.3) is 21.9 Å². The third-order valence-corrected chi connectivity index (χ3v) is 5.96. The molecule has 0 aromatic heterocycles. The van der Waals surface area contributed by atoms with Crippen molar-refractivity contribution < 1.29 is 0 Å². The number of benzene rings is 3. The first-order valence-corrected chi connectivity index (χ1v) is 8.39. The number of aryl methyl sites for hydroxylation is 2. The van der Waals surface area contributed by atoms with Crippen molar-refractivity contribution in [3.63, 3.8) is 0 Å². The topological polar surface area (TPSA) is 0 Å². The number of halogens is 2. The lowest BCUT2D eigenvalue weighted by atomic mass is 9.92. The van der Waals surface area contributed by atoms with Crippen molar-refractivity contribution in [2.75, 3.05) is 0 Å². The molecule has 0 aliphatic carbocycles. The van der Waals surface area contributed by atoms with Crippen molar-refractivity contribution in [1.29, 1.82) is 0 Å². The first-order chi connectivity index (χ1) is 9.58. The fourth-order valence-corrected chi connectivity index (χ4v) is 3.56. The highest BCUT2D eigenvalue weighted by atomic mass is 127. The molecule has 0 amide bonds. The maximum Gasteiger partial charge on any atom is 0.0315 e. The van der Waals surface area contributed by atoms with Crippen molar-refractivity contribution in [2.24, 2.45) is 0 Å². The van der Waals surface area contributed by atoms with Gasteiger partial charge in [-0.1, -0.05) is 36.4 Å². The molecule has 0 atom stereocenters. The molecule has 3 rings (SSSR count). The van der Waals surface area contributed by atoms with Crippen molar-refractivity contribution in [1.82, 2.24) is 0 Å². The smallest absolute Gasteiger partial charge is 0.0315 e. The van der Waals surface area contributed by atoms with Gasteiger partial charge in [-0.2, -0.15) is 0 Å². The van der Waals surface area contributed by atoms with Crippen molar-refractivity contribution in [2.45, 2.75) is 13.8 Å². The van der Waals surface area contributed by atoms with Crippen LogP contribution in [0.4, 0.5) is 0 Å². The summed E-state index contributed by atoms with van der Waals surface area (Å²) in [6.07, 6.45) is 0. The summed E-state index contributed by atoms with van der Waals surface area (Å²) in [5.41, 5.74) is 5.32. The molecule has 3 aromatic carbocycles. The quantitative estimate of drug-likeness (QED) is 0.382. The summed E-state index contributed by atoms with van der Waals surface area (Å²) in [7, 11) is 0. The lowest BCUT2D eigenvalue weighted by Gasteiger charge is -2.13. The van der Waals surface area contributed by atoms with Gasteiger partial charge in [-0.15, -0.1) is 0 Å². The van der Waals surface area contributed by atoms with E-state index in [1.54, 1.807) is 0 Å². The fraction of sp³-hybridized carbons (Fsp3) is 0.111. The molecule has 0 unspecified atom stereocenters. The van der Waals surface area contributed by atoms with E-state index in [4.69, 9.17) is 0 Å². The van der Waals surface area contributed by atoms with Crippen LogP contribution in [0.5, 0.6) is 0 Å². The molecule has 0 spiro atoms. The molecule has 0 saturated carbocycles. The average Bonchev–Trinajstić information content (AvgIpc) is 2.40. The van der Waals surface area contributed by atoms with Gasteiger partial charge in [0.2, 0.25) is 0 Å². The van der Waals surface area contributed by atoms with Gasteiger partial charge < -0.3 is 0 Å². The predicted octanol–water partition coefficient (Wildman–Crippen LogP) is 6.49. The zero-order valence-electron chi connectivity index (χ0n) is 11.4. The van der Waals surface area contributed by atoms with Gasteiger partial charge in [0.25, 0.3) is 0 Å². The van der Waals surface area contributed by atoms with Crippen LogP contribution in [-0.4, -0.2) is 0 Å². The number of fused-ring (bicyclic) bond motifs is 1. The zero-order valence-corrected chi connectivity index (χ0v) is 15.1. The van der Waals surface area contributed by atoms with Gasteiger partial charge in [-0.25, -0.2) is 0 Å². The Morgan fingerprint density at radius 1 is 0.900 bits per heavy atom. The predicted molar refractivity (Wildman–Crippen MR) is 99.3 cm³/mol. The molecular weight excluding hydrogens is 423 g/mol. The largest absolute Gasteiger partial charge is 0.0617 e. The van der Waals surface area contributed by atoms with Crippen LogP contribution in [0.3, 0.4) is 0 Å². The van der Waals surface area contributed by atoms with E-state index < -0.39 is 0 Å². The monoisotopic (exact) mass is 436 g/mol. The summed E-state index contributed by atoms with van der Waals surface area (Å²) in [6, 6.07) is 17.5. The standard InChI is InChI=1S/C18H14BrI/c1-11-5-3-6-12(2)18(11)14-8-4-7-13-9-17(20)16(19)10-15(13)14/h3-10H,1-2H3. The molecule has 0 heterocycles. The van der Waals surface area contributed by atoms with Crippen LogP contribution in [0.2, 0.25) is 0 Å². The Labute approximate surface area is 141 Å². The van der Waals surface area contributed by atoms with Crippen LogP contribution in [0.1, 0.15) is 11.1 Å². The van der Waals surface area contributed by atoms with Crippen LogP contribution in [0.15, 0.2) is 53.0 Å². The third-order valence-electron chi connectivity index (χ3n) is 3.67. The Morgan fingerprint density at radius 3 is 2.25 bits per heavy atom. The molecule has 0 nitrogen and oxygen atoms in total. The molecular formula is C18H14BrI. The summed E-state index contributed by atoms with van der Waals surface area (Å²) in [4.78, 5) is 0. The SMILES string of the molecule is Cc1cccc(C)c1-c1cccc2cc(I)c(Br)cc12. The Hall–Kier alpha value is -0.870. The van der Waals surface area contributed by atoms with E-state index in [0.29, 0.717) is 0 Å². The lowest BCUT2D eigenvalue weighted by Crippen LogP contribution is -1.90. The van der Waals surface area contributed by atoms with Gasteiger partial charge in [0, 0.05) is 8.04 Å². The minimum absolute atomic E-state index is 1.16. The van der Waals surface area contributed by atoms with E-state index in [1.165, 1.54) is 36.6 Å². The first kappa shape index (κ1) is 14.1. The molecule has 0 N–H and O–H groups in total. The van der Waals surface area contributed by atoms with E-state index in [9.17, 15) is 0 Å². The Morgan fingerprint density at radius 2 is 1.55 bits per heavy atom. The second-order valence-corrected chi connectivity index (χ2v) is 7.08. The normalized spacial score (nSPS) is 11.0. The second-order valence-electron chi connectivity index (χ2n) is 5.06. The Bertz CT molecular complexity index is 786. The summed E-state index contributed by atoms with van der Waals surface area (Å²) >= 11 is 6.02. The minimum atomic E-state index is 1.16. The van der Waals surface area contributed by atoms with E-state index in [1.807, 2.05) is 0 Å². The fourth-order valence-electron chi connectivity index (χ4n) is 2.73. The average molecular weight is 437 g/mol. The van der Waals surface area contributed by atoms with Crippen molar-refractivity contribution >= 4 is 49.3 Å². The molecule has 0 bridgehead atoms. The van der Waals surface area contributed by atoms with E-state index in [2.05, 4.69) is 101 Å². The molecule has 0 aliphatic rings. The lowest BCUT2D eigenvalue weighted by molar-refractivity contribution is 1.38. The minimum Gasteiger partial charge on any atom is -0.0617 e. The maximum atomic E-state index is 3.65. The number of hydrogen-bond acceptors (Lipinski definition) is 0. The van der Waals surface area contributed by atoms with Gasteiger partial charge in [0.05, 0.1) is 0 Å². The van der Waals surface area contributed by atoms with Crippen LogP contribution < -0.4 is 0 Å². The highest BCUT2D eigenvalue weighted by Crippen LogP contribution is 2.35. The molecule has 0 saturated heterocycles. The summed E-state index contributed by atoms with van der Waals surface area (Å²) in [6.45, 7) is 4.37. The van der Waals surface area contributed by atoms with Gasteiger partial charge in [-0.3, -0.25) is 0 Å². The Kier molecular flexibility index (Phi) is 3.87. The van der Waals surface area contributed by atoms with E-state index >= 15 is 0 Å². The van der Waals surface area contributed by atoms with Crippen LogP contribution >= 0.6 is 38.5 Å². The maximum absolute atomic E-state index is 3.65. The highest BCUT2D eigenvalue weighted by Gasteiger charge is 2.10. The third kappa shape index (κ3) is 2.40. The van der Waals surface area contributed by atoms with Crippen molar-refractivity contribution in [3.05, 3.63) is 67.7 Å². The Balaban J connectivity index is 2.40. The van der Waals surface area contributed by atoms with E-state index in [0.717, 1.165) is 4.47 Å². The van der Waals surface area contributed by atoms with Gasteiger partial charge in [0.15, 0.2) is 0 Å². The van der Waals surface area contributed by atoms with Gasteiger partial charge in [0.1, 0.15) is 0 Å². The van der Waals surface area contributed by atoms with Gasteiger partial charge >= 0.3 is 0 Å². The number of rotatable bonds is 1. The van der Waals surface area contributed by atoms with E-state index in [-0.39, 0.29) is 0 Å². The number of hydrogen-bond donors (Lipinski definition) is 0. The zero-order chi connectivity index (χ0) is 14.3. The molecule has 0 fully saturated rings. The van der Waals surface area contributed by atoms with Gasteiger partial charge in [-0.05, 0) is 97.5 Å². The molecule has 3 aromatic rings. The molecule has 20 heavy (non-hydrogen) atoms. The van der Waals surface area contributed by atoms with Crippen LogP contribution in [-0.2, 0) is 0 Å². The molecule has 100 valence electrons. The van der Waals surface area contributed by atoms with Crippen LogP contribution in [0, 0.1) is 17.4 Å². The highest BCUT2D eigenvalue weighted by molar-refractivity contribution is 14.1. The summed E-state index contributed by atoms with van der Waals surface area (Å²) < 4.78 is 2.40. The van der Waals surface area contributed by atoms with Crippen molar-refractivity contribution in [3.8, 4) is 11.1 Å². The second kappa shape index (κ2) is 5.49. The summed E-state index contributed by atoms with van der Waals surface area (Å²) in [5, 5.41) is 2.59. The molecule has 0 radical (unpaired) electrons. The molecule has 0 aliphatic heterocycles.